The van der Waals surface area contributed by atoms with Gasteiger partial charge in [0.15, 0.2) is 11.6 Å². The van der Waals surface area contributed by atoms with Crippen LogP contribution in [0.2, 0.25) is 0 Å². The first-order valence-corrected chi connectivity index (χ1v) is 6.34. The van der Waals surface area contributed by atoms with E-state index in [9.17, 15) is 4.39 Å². The maximum Gasteiger partial charge on any atom is 0.165 e. The minimum absolute atomic E-state index is 0.278. The molecule has 1 aliphatic heterocycles. The number of aromatic nitrogens is 2. The van der Waals surface area contributed by atoms with Gasteiger partial charge in [-0.2, -0.15) is 0 Å². The van der Waals surface area contributed by atoms with Crippen LogP contribution in [-0.4, -0.2) is 23.2 Å². The highest BCUT2D eigenvalue weighted by Gasteiger charge is 2.15. The second kappa shape index (κ2) is 5.01. The number of hydrogen-bond acceptors (Lipinski definition) is 3. The van der Waals surface area contributed by atoms with E-state index in [1.54, 1.807) is 6.07 Å². The molecule has 0 atom stereocenters. The summed E-state index contributed by atoms with van der Waals surface area (Å²) in [5, 5.41) is 3.29. The smallest absolute Gasteiger partial charge is 0.165 e. The Hall–Kier alpha value is -1.88. The average Bonchev–Trinajstić information content (AvgIpc) is 2.83. The van der Waals surface area contributed by atoms with Crippen LogP contribution >= 0.6 is 0 Å². The molecule has 5 heteroatoms. The number of ether oxygens (including phenoxy) is 1. The Balaban J connectivity index is 1.85. The maximum atomic E-state index is 13.7. The molecule has 4 nitrogen and oxygen atoms in total. The molecule has 0 saturated heterocycles. The highest BCUT2D eigenvalue weighted by Crippen LogP contribution is 2.20. The Morgan fingerprint density at radius 1 is 1.47 bits per heavy atom. The molecule has 1 aromatic heterocycles. The Morgan fingerprint density at radius 2 is 2.37 bits per heavy atom. The van der Waals surface area contributed by atoms with E-state index in [0.717, 1.165) is 30.8 Å². The SMILES string of the molecule is COc1ccc(Cn2cnc3c2CCNC3)cc1F. The van der Waals surface area contributed by atoms with Gasteiger partial charge in [0, 0.05) is 31.7 Å². The molecule has 1 N–H and O–H groups in total. The zero-order valence-corrected chi connectivity index (χ0v) is 10.8. The van der Waals surface area contributed by atoms with E-state index in [2.05, 4.69) is 14.9 Å². The number of nitrogens with one attached hydrogen (secondary N) is 1. The van der Waals surface area contributed by atoms with Crippen molar-refractivity contribution < 1.29 is 9.13 Å². The van der Waals surface area contributed by atoms with Crippen molar-refractivity contribution in [2.75, 3.05) is 13.7 Å². The van der Waals surface area contributed by atoms with E-state index in [1.807, 2.05) is 12.4 Å². The van der Waals surface area contributed by atoms with Gasteiger partial charge >= 0.3 is 0 Å². The van der Waals surface area contributed by atoms with E-state index < -0.39 is 0 Å². The fraction of sp³-hybridized carbons (Fsp3) is 0.357. The van der Waals surface area contributed by atoms with Gasteiger partial charge in [-0.1, -0.05) is 6.07 Å². The fourth-order valence-electron chi connectivity index (χ4n) is 2.44. The van der Waals surface area contributed by atoms with Crippen LogP contribution in [0.5, 0.6) is 5.75 Å². The number of rotatable bonds is 3. The van der Waals surface area contributed by atoms with Gasteiger partial charge in [0.2, 0.25) is 0 Å². The summed E-state index contributed by atoms with van der Waals surface area (Å²) >= 11 is 0. The van der Waals surface area contributed by atoms with E-state index in [0.29, 0.717) is 6.54 Å². The Bertz CT molecular complexity index is 594. The lowest BCUT2D eigenvalue weighted by atomic mass is 10.1. The molecule has 0 radical (unpaired) electrons. The Morgan fingerprint density at radius 3 is 3.16 bits per heavy atom. The molecule has 1 aromatic carbocycles. The predicted molar refractivity (Wildman–Crippen MR) is 69.7 cm³/mol. The molecule has 0 bridgehead atoms. The van der Waals surface area contributed by atoms with Crippen molar-refractivity contribution >= 4 is 0 Å². The molecule has 19 heavy (non-hydrogen) atoms. The summed E-state index contributed by atoms with van der Waals surface area (Å²) in [6, 6.07) is 5.07. The van der Waals surface area contributed by atoms with Gasteiger partial charge in [0.1, 0.15) is 0 Å². The number of halogens is 1. The summed E-state index contributed by atoms with van der Waals surface area (Å²) in [4.78, 5) is 4.39. The van der Waals surface area contributed by atoms with Crippen LogP contribution < -0.4 is 10.1 Å². The number of nitrogens with zero attached hydrogens (tertiary/aromatic N) is 2. The van der Waals surface area contributed by atoms with E-state index in [-0.39, 0.29) is 11.6 Å². The summed E-state index contributed by atoms with van der Waals surface area (Å²) in [7, 11) is 1.47. The molecule has 3 rings (SSSR count). The molecular weight excluding hydrogens is 245 g/mol. The zero-order chi connectivity index (χ0) is 13.2. The molecular formula is C14H16FN3O. The summed E-state index contributed by atoms with van der Waals surface area (Å²) in [6.07, 6.45) is 2.80. The van der Waals surface area contributed by atoms with Crippen molar-refractivity contribution in [3.05, 3.63) is 47.3 Å². The van der Waals surface area contributed by atoms with Crippen LogP contribution in [0, 0.1) is 5.82 Å². The minimum atomic E-state index is -0.323. The van der Waals surface area contributed by atoms with E-state index in [4.69, 9.17) is 4.74 Å². The highest BCUT2D eigenvalue weighted by molar-refractivity contribution is 5.30. The van der Waals surface area contributed by atoms with Gasteiger partial charge in [0.25, 0.3) is 0 Å². The predicted octanol–water partition coefficient (Wildman–Crippen LogP) is 1.72. The van der Waals surface area contributed by atoms with Crippen LogP contribution in [0.4, 0.5) is 4.39 Å². The summed E-state index contributed by atoms with van der Waals surface area (Å²) in [6.45, 7) is 2.43. The van der Waals surface area contributed by atoms with Crippen molar-refractivity contribution in [1.82, 2.24) is 14.9 Å². The monoisotopic (exact) mass is 261 g/mol. The standard InChI is InChI=1S/C14H16FN3O/c1-19-14-3-2-10(6-11(14)15)8-18-9-17-12-7-16-5-4-13(12)18/h2-3,6,9,16H,4-5,7-8H2,1H3. The van der Waals surface area contributed by atoms with Gasteiger partial charge in [-0.15, -0.1) is 0 Å². The molecule has 2 heterocycles. The third kappa shape index (κ3) is 2.33. The molecule has 100 valence electrons. The first-order chi connectivity index (χ1) is 9.28. The third-order valence-corrected chi connectivity index (χ3v) is 3.43. The van der Waals surface area contributed by atoms with Gasteiger partial charge in [-0.25, -0.2) is 9.37 Å². The lowest BCUT2D eigenvalue weighted by Crippen LogP contribution is -2.25. The van der Waals surface area contributed by atoms with Crippen molar-refractivity contribution in [2.45, 2.75) is 19.5 Å². The number of hydrogen-bond donors (Lipinski definition) is 1. The van der Waals surface area contributed by atoms with Gasteiger partial charge in [-0.05, 0) is 17.7 Å². The van der Waals surface area contributed by atoms with Gasteiger partial charge < -0.3 is 14.6 Å². The number of benzene rings is 1. The van der Waals surface area contributed by atoms with Gasteiger partial charge in [0.05, 0.1) is 19.1 Å². The van der Waals surface area contributed by atoms with Crippen LogP contribution in [0.25, 0.3) is 0 Å². The summed E-state index contributed by atoms with van der Waals surface area (Å²) in [5.41, 5.74) is 3.26. The number of fused-ring (bicyclic) bond motifs is 1. The van der Waals surface area contributed by atoms with Gasteiger partial charge in [-0.3, -0.25) is 0 Å². The zero-order valence-electron chi connectivity index (χ0n) is 10.8. The van der Waals surface area contributed by atoms with Crippen molar-refractivity contribution in [3.8, 4) is 5.75 Å². The Labute approximate surface area is 111 Å². The molecule has 2 aromatic rings. The summed E-state index contributed by atoms with van der Waals surface area (Å²) < 4.78 is 20.7. The van der Waals surface area contributed by atoms with E-state index >= 15 is 0 Å². The average molecular weight is 261 g/mol. The largest absolute Gasteiger partial charge is 0.494 e. The topological polar surface area (TPSA) is 39.1 Å². The van der Waals surface area contributed by atoms with Crippen molar-refractivity contribution in [3.63, 3.8) is 0 Å². The number of methoxy groups -OCH3 is 1. The first-order valence-electron chi connectivity index (χ1n) is 6.34. The molecule has 0 spiro atoms. The molecule has 0 saturated carbocycles. The minimum Gasteiger partial charge on any atom is -0.494 e. The lowest BCUT2D eigenvalue weighted by molar-refractivity contribution is 0.386. The highest BCUT2D eigenvalue weighted by atomic mass is 19.1. The quantitative estimate of drug-likeness (QED) is 0.914. The normalized spacial score (nSPS) is 14.2. The third-order valence-electron chi connectivity index (χ3n) is 3.43. The second-order valence-corrected chi connectivity index (χ2v) is 4.66. The van der Waals surface area contributed by atoms with Crippen molar-refractivity contribution in [1.29, 1.82) is 0 Å². The Kier molecular flexibility index (Phi) is 3.21. The van der Waals surface area contributed by atoms with Crippen LogP contribution in [0.15, 0.2) is 24.5 Å². The first kappa shape index (κ1) is 12.2. The summed E-state index contributed by atoms with van der Waals surface area (Å²) in [5.74, 6) is -0.0451. The van der Waals surface area contributed by atoms with E-state index in [1.165, 1.54) is 18.9 Å². The fourth-order valence-corrected chi connectivity index (χ4v) is 2.44. The lowest BCUT2D eigenvalue weighted by Gasteiger charge is -2.15. The molecule has 0 aliphatic carbocycles. The van der Waals surface area contributed by atoms with Crippen LogP contribution in [-0.2, 0) is 19.5 Å². The maximum absolute atomic E-state index is 13.7. The molecule has 0 amide bonds. The number of imidazole rings is 1. The molecule has 0 fully saturated rings. The molecule has 1 aliphatic rings. The van der Waals surface area contributed by atoms with Crippen LogP contribution in [0.1, 0.15) is 17.0 Å². The van der Waals surface area contributed by atoms with Crippen molar-refractivity contribution in [2.24, 2.45) is 0 Å². The van der Waals surface area contributed by atoms with Crippen LogP contribution in [0.3, 0.4) is 0 Å². The second-order valence-electron chi connectivity index (χ2n) is 4.66. The molecule has 0 unspecified atom stereocenters.